The van der Waals surface area contributed by atoms with Crippen molar-refractivity contribution in [3.8, 4) is 11.5 Å². The monoisotopic (exact) mass is 274 g/mol. The van der Waals surface area contributed by atoms with Crippen LogP contribution in [-0.2, 0) is 6.42 Å². The summed E-state index contributed by atoms with van der Waals surface area (Å²) in [5, 5.41) is 8.76. The van der Waals surface area contributed by atoms with Crippen LogP contribution in [0.4, 0.5) is 4.39 Å². The fourth-order valence-corrected chi connectivity index (χ4v) is 1.86. The van der Waals surface area contributed by atoms with Crippen molar-refractivity contribution in [2.24, 2.45) is 0 Å². The van der Waals surface area contributed by atoms with Crippen LogP contribution < -0.4 is 4.74 Å². The maximum absolute atomic E-state index is 13.7. The largest absolute Gasteiger partial charge is 0.478 e. The van der Waals surface area contributed by atoms with Crippen molar-refractivity contribution in [2.75, 3.05) is 0 Å². The molecule has 0 saturated heterocycles. The van der Waals surface area contributed by atoms with Gasteiger partial charge in [0.15, 0.2) is 11.6 Å². The van der Waals surface area contributed by atoms with Crippen LogP contribution in [0.3, 0.4) is 0 Å². The second-order valence-corrected chi connectivity index (χ2v) is 4.45. The average molecular weight is 274 g/mol. The zero-order valence-corrected chi connectivity index (χ0v) is 11.1. The Balaban J connectivity index is 2.15. The number of carboxylic acids is 1. The molecule has 0 heterocycles. The fraction of sp³-hybridized carbons (Fsp3) is 0.188. The first-order valence-corrected chi connectivity index (χ1v) is 6.40. The van der Waals surface area contributed by atoms with Gasteiger partial charge >= 0.3 is 5.97 Å². The van der Waals surface area contributed by atoms with Crippen molar-refractivity contribution in [3.05, 3.63) is 59.4 Å². The number of benzene rings is 2. The van der Waals surface area contributed by atoms with Crippen LogP contribution in [0.25, 0.3) is 0 Å². The van der Waals surface area contributed by atoms with E-state index in [0.29, 0.717) is 5.75 Å². The first-order chi connectivity index (χ1) is 9.60. The van der Waals surface area contributed by atoms with Gasteiger partial charge < -0.3 is 9.84 Å². The molecule has 3 nitrogen and oxygen atoms in total. The zero-order valence-electron chi connectivity index (χ0n) is 11.1. The summed E-state index contributed by atoms with van der Waals surface area (Å²) < 4.78 is 19.1. The molecule has 0 aliphatic carbocycles. The Morgan fingerprint density at radius 2 is 1.90 bits per heavy atom. The maximum Gasteiger partial charge on any atom is 0.335 e. The molecule has 2 aromatic rings. The average Bonchev–Trinajstić information content (AvgIpc) is 2.43. The number of aromatic carboxylic acids is 1. The van der Waals surface area contributed by atoms with Gasteiger partial charge in [-0.15, -0.1) is 0 Å². The topological polar surface area (TPSA) is 46.5 Å². The number of carboxylic acid groups (broad SMARTS) is 1. The van der Waals surface area contributed by atoms with Crippen LogP contribution in [0.5, 0.6) is 11.5 Å². The van der Waals surface area contributed by atoms with Gasteiger partial charge in [0.2, 0.25) is 0 Å². The molecule has 4 heteroatoms. The second kappa shape index (κ2) is 6.19. The Kier molecular flexibility index (Phi) is 4.35. The van der Waals surface area contributed by atoms with E-state index in [4.69, 9.17) is 9.84 Å². The van der Waals surface area contributed by atoms with Crippen molar-refractivity contribution >= 4 is 5.97 Å². The van der Waals surface area contributed by atoms with E-state index in [9.17, 15) is 9.18 Å². The minimum atomic E-state index is -1.17. The lowest BCUT2D eigenvalue weighted by atomic mass is 10.1. The Labute approximate surface area is 116 Å². The third kappa shape index (κ3) is 3.35. The molecule has 0 atom stereocenters. The SMILES string of the molecule is CCCc1ccc(Oc2ccc(C(=O)O)cc2F)cc1. The summed E-state index contributed by atoms with van der Waals surface area (Å²) in [5.41, 5.74) is 1.09. The van der Waals surface area contributed by atoms with E-state index < -0.39 is 11.8 Å². The molecule has 0 aliphatic heterocycles. The Morgan fingerprint density at radius 1 is 1.20 bits per heavy atom. The van der Waals surface area contributed by atoms with Gasteiger partial charge in [0, 0.05) is 0 Å². The van der Waals surface area contributed by atoms with Gasteiger partial charge in [-0.3, -0.25) is 0 Å². The van der Waals surface area contributed by atoms with Gasteiger partial charge in [0.1, 0.15) is 5.75 Å². The van der Waals surface area contributed by atoms with Crippen molar-refractivity contribution in [1.82, 2.24) is 0 Å². The Bertz CT molecular complexity index is 606. The first-order valence-electron chi connectivity index (χ1n) is 6.40. The summed E-state index contributed by atoms with van der Waals surface area (Å²) in [6.45, 7) is 2.10. The molecule has 0 unspecified atom stereocenters. The molecule has 0 aromatic heterocycles. The summed E-state index contributed by atoms with van der Waals surface area (Å²) in [7, 11) is 0. The minimum absolute atomic E-state index is 0.0123. The highest BCUT2D eigenvalue weighted by molar-refractivity contribution is 5.87. The molecule has 0 fully saturated rings. The summed E-state index contributed by atoms with van der Waals surface area (Å²) >= 11 is 0. The molecular formula is C16H15FO3. The number of hydrogen-bond donors (Lipinski definition) is 1. The van der Waals surface area contributed by atoms with Crippen molar-refractivity contribution in [3.63, 3.8) is 0 Å². The molecule has 0 spiro atoms. The Morgan fingerprint density at radius 3 is 2.45 bits per heavy atom. The smallest absolute Gasteiger partial charge is 0.335 e. The van der Waals surface area contributed by atoms with Crippen LogP contribution in [0.15, 0.2) is 42.5 Å². The lowest BCUT2D eigenvalue weighted by Crippen LogP contribution is -1.98. The zero-order chi connectivity index (χ0) is 14.5. The highest BCUT2D eigenvalue weighted by Gasteiger charge is 2.09. The molecule has 0 bridgehead atoms. The predicted molar refractivity (Wildman–Crippen MR) is 73.9 cm³/mol. The molecule has 104 valence electrons. The standard InChI is InChI=1S/C16H15FO3/c1-2-3-11-4-7-13(8-5-11)20-15-9-6-12(16(18)19)10-14(15)17/h4-10H,2-3H2,1H3,(H,18,19). The molecule has 0 saturated carbocycles. The summed E-state index contributed by atoms with van der Waals surface area (Å²) in [4.78, 5) is 10.7. The second-order valence-electron chi connectivity index (χ2n) is 4.45. The number of ether oxygens (including phenoxy) is 1. The predicted octanol–water partition coefficient (Wildman–Crippen LogP) is 4.27. The maximum atomic E-state index is 13.7. The van der Waals surface area contributed by atoms with Crippen LogP contribution in [0.1, 0.15) is 29.3 Å². The van der Waals surface area contributed by atoms with Crippen molar-refractivity contribution in [1.29, 1.82) is 0 Å². The fourth-order valence-electron chi connectivity index (χ4n) is 1.86. The van der Waals surface area contributed by atoms with E-state index >= 15 is 0 Å². The summed E-state index contributed by atoms with van der Waals surface area (Å²) in [6.07, 6.45) is 2.05. The number of halogens is 1. The number of rotatable bonds is 5. The van der Waals surface area contributed by atoms with Gasteiger partial charge in [-0.2, -0.15) is 0 Å². The van der Waals surface area contributed by atoms with Gasteiger partial charge in [0.25, 0.3) is 0 Å². The third-order valence-electron chi connectivity index (χ3n) is 2.87. The van der Waals surface area contributed by atoms with Gasteiger partial charge in [0.05, 0.1) is 5.56 Å². The lowest BCUT2D eigenvalue weighted by molar-refractivity contribution is 0.0696. The molecular weight excluding hydrogens is 259 g/mol. The number of carbonyl (C=O) groups is 1. The Hall–Kier alpha value is -2.36. The first kappa shape index (κ1) is 14.1. The molecule has 0 aliphatic rings. The van der Waals surface area contributed by atoms with Gasteiger partial charge in [-0.1, -0.05) is 25.5 Å². The minimum Gasteiger partial charge on any atom is -0.478 e. The highest BCUT2D eigenvalue weighted by atomic mass is 19.1. The van der Waals surface area contributed by atoms with E-state index in [1.54, 1.807) is 12.1 Å². The van der Waals surface area contributed by atoms with Crippen LogP contribution >= 0.6 is 0 Å². The number of hydrogen-bond acceptors (Lipinski definition) is 2. The summed E-state index contributed by atoms with van der Waals surface area (Å²) in [6, 6.07) is 11.0. The quantitative estimate of drug-likeness (QED) is 0.885. The van der Waals surface area contributed by atoms with E-state index in [2.05, 4.69) is 6.92 Å². The molecule has 0 amide bonds. The van der Waals surface area contributed by atoms with E-state index in [1.165, 1.54) is 17.7 Å². The van der Waals surface area contributed by atoms with Crippen LogP contribution in [-0.4, -0.2) is 11.1 Å². The normalized spacial score (nSPS) is 10.3. The van der Waals surface area contributed by atoms with Crippen LogP contribution in [0.2, 0.25) is 0 Å². The van der Waals surface area contributed by atoms with E-state index in [0.717, 1.165) is 18.9 Å². The van der Waals surface area contributed by atoms with E-state index in [-0.39, 0.29) is 11.3 Å². The third-order valence-corrected chi connectivity index (χ3v) is 2.87. The van der Waals surface area contributed by atoms with Crippen molar-refractivity contribution in [2.45, 2.75) is 19.8 Å². The molecule has 20 heavy (non-hydrogen) atoms. The van der Waals surface area contributed by atoms with Crippen molar-refractivity contribution < 1.29 is 19.0 Å². The highest BCUT2D eigenvalue weighted by Crippen LogP contribution is 2.25. The summed E-state index contributed by atoms with van der Waals surface area (Å²) in [5.74, 6) is -1.33. The van der Waals surface area contributed by atoms with E-state index in [1.807, 2.05) is 12.1 Å². The number of aryl methyl sites for hydroxylation is 1. The molecule has 2 rings (SSSR count). The van der Waals surface area contributed by atoms with Gasteiger partial charge in [-0.05, 0) is 42.3 Å². The molecule has 1 N–H and O–H groups in total. The van der Waals surface area contributed by atoms with Crippen LogP contribution in [0, 0.1) is 5.82 Å². The molecule has 2 aromatic carbocycles. The lowest BCUT2D eigenvalue weighted by Gasteiger charge is -2.08. The van der Waals surface area contributed by atoms with Gasteiger partial charge in [-0.25, -0.2) is 9.18 Å². The molecule has 0 radical (unpaired) electrons.